The number of nitrogens with two attached hydrogens (primary N) is 1. The second-order valence-electron chi connectivity index (χ2n) is 4.45. The van der Waals surface area contributed by atoms with Crippen molar-refractivity contribution in [2.75, 3.05) is 7.05 Å². The Balaban J connectivity index is 3.01. The number of likely N-dealkylation sites (N-methyl/N-ethyl adjacent to an activating group) is 1. The number of benzene rings is 1. The molecule has 6 heteroatoms. The predicted octanol–water partition coefficient (Wildman–Crippen LogP) is 2.50. The van der Waals surface area contributed by atoms with Crippen molar-refractivity contribution in [1.29, 1.82) is 0 Å². The summed E-state index contributed by atoms with van der Waals surface area (Å²) in [6, 6.07) is 3.58. The summed E-state index contributed by atoms with van der Waals surface area (Å²) in [5.74, 6) is 3.24. The fourth-order valence-corrected chi connectivity index (χ4v) is 1.48. The lowest BCUT2D eigenvalue weighted by molar-refractivity contribution is 0.112. The number of hydrogen-bond acceptors (Lipinski definition) is 4. The Bertz CT molecular complexity index is 479. The van der Waals surface area contributed by atoms with Gasteiger partial charge in [-0.05, 0) is 32.1 Å². The van der Waals surface area contributed by atoms with Crippen molar-refractivity contribution in [3.05, 3.63) is 53.9 Å². The van der Waals surface area contributed by atoms with Crippen molar-refractivity contribution < 1.29 is 13.5 Å². The molecule has 0 aliphatic carbocycles. The number of para-hydroxylation sites is 1. The fourth-order valence-electron chi connectivity index (χ4n) is 1.48. The van der Waals surface area contributed by atoms with Crippen LogP contribution in [0.3, 0.4) is 0 Å². The highest BCUT2D eigenvalue weighted by molar-refractivity contribution is 5.27. The van der Waals surface area contributed by atoms with E-state index in [-0.39, 0.29) is 0 Å². The molecule has 1 rings (SSSR count). The highest BCUT2D eigenvalue weighted by Gasteiger charge is 2.17. The first kappa shape index (κ1) is 16.0. The van der Waals surface area contributed by atoms with Gasteiger partial charge in [-0.3, -0.25) is 5.84 Å². The lowest BCUT2D eigenvalue weighted by Crippen LogP contribution is -2.32. The summed E-state index contributed by atoms with van der Waals surface area (Å²) >= 11 is 0. The zero-order valence-electron chi connectivity index (χ0n) is 11.7. The maximum absolute atomic E-state index is 13.6. The third kappa shape index (κ3) is 4.55. The Kier molecular flexibility index (Phi) is 5.99. The molecule has 110 valence electrons. The Morgan fingerprint density at radius 2 is 1.95 bits per heavy atom. The Morgan fingerprint density at radius 1 is 1.35 bits per heavy atom. The van der Waals surface area contributed by atoms with Gasteiger partial charge in [0.1, 0.15) is 0 Å². The Hall–Kier alpha value is -2.08. The zero-order valence-corrected chi connectivity index (χ0v) is 11.7. The van der Waals surface area contributed by atoms with Crippen LogP contribution in [-0.2, 0) is 0 Å². The lowest BCUT2D eigenvalue weighted by atomic mass is 10.3. The number of nitrogens with zero attached hydrogens (tertiary/aromatic N) is 1. The number of rotatable bonds is 6. The predicted molar refractivity (Wildman–Crippen MR) is 74.4 cm³/mol. The van der Waals surface area contributed by atoms with Gasteiger partial charge in [0.25, 0.3) is 0 Å². The number of ether oxygens (including phenoxy) is 1. The molecular formula is C14H19F2N3O. The van der Waals surface area contributed by atoms with Crippen molar-refractivity contribution in [2.24, 2.45) is 5.84 Å². The molecule has 0 aliphatic heterocycles. The van der Waals surface area contributed by atoms with Gasteiger partial charge in [0.15, 0.2) is 23.6 Å². The molecule has 1 aromatic carbocycles. The van der Waals surface area contributed by atoms with E-state index in [1.165, 1.54) is 12.3 Å². The molecule has 1 aromatic rings. The van der Waals surface area contributed by atoms with Crippen molar-refractivity contribution in [2.45, 2.75) is 20.1 Å². The number of nitrogens with one attached hydrogen (secondary N) is 1. The van der Waals surface area contributed by atoms with E-state index in [4.69, 9.17) is 10.6 Å². The number of halogens is 2. The third-order valence-corrected chi connectivity index (χ3v) is 2.44. The smallest absolute Gasteiger partial charge is 0.193 e. The highest BCUT2D eigenvalue weighted by atomic mass is 19.1. The Morgan fingerprint density at radius 3 is 2.45 bits per heavy atom. The van der Waals surface area contributed by atoms with E-state index >= 15 is 0 Å². The van der Waals surface area contributed by atoms with Crippen LogP contribution in [0.4, 0.5) is 8.78 Å². The van der Waals surface area contributed by atoms with Crippen LogP contribution in [0.25, 0.3) is 0 Å². The topological polar surface area (TPSA) is 50.5 Å². The summed E-state index contributed by atoms with van der Waals surface area (Å²) in [5, 5.41) is 0. The van der Waals surface area contributed by atoms with E-state index in [2.05, 4.69) is 5.43 Å². The normalized spacial score (nSPS) is 12.1. The van der Waals surface area contributed by atoms with Crippen LogP contribution in [0, 0.1) is 11.6 Å². The molecule has 1 unspecified atom stereocenters. The molecule has 0 saturated carbocycles. The van der Waals surface area contributed by atoms with Gasteiger partial charge >= 0.3 is 0 Å². The molecule has 0 fully saturated rings. The molecule has 0 bridgehead atoms. The van der Waals surface area contributed by atoms with E-state index in [1.54, 1.807) is 24.2 Å². The Labute approximate surface area is 117 Å². The molecule has 1 atom stereocenters. The molecule has 20 heavy (non-hydrogen) atoms. The molecule has 3 N–H and O–H groups in total. The molecule has 0 radical (unpaired) electrons. The molecule has 4 nitrogen and oxygen atoms in total. The molecule has 0 aromatic heterocycles. The quantitative estimate of drug-likeness (QED) is 0.364. The summed E-state index contributed by atoms with van der Waals surface area (Å²) < 4.78 is 32.6. The van der Waals surface area contributed by atoms with Crippen molar-refractivity contribution in [1.82, 2.24) is 10.3 Å². The van der Waals surface area contributed by atoms with Crippen molar-refractivity contribution >= 4 is 0 Å². The summed E-state index contributed by atoms with van der Waals surface area (Å²) in [5.41, 5.74) is 3.30. The van der Waals surface area contributed by atoms with Crippen LogP contribution in [-0.4, -0.2) is 18.2 Å². The second-order valence-corrected chi connectivity index (χ2v) is 4.45. The van der Waals surface area contributed by atoms with Gasteiger partial charge in [-0.1, -0.05) is 11.6 Å². The van der Waals surface area contributed by atoms with Gasteiger partial charge in [0, 0.05) is 19.4 Å². The molecule has 0 saturated heterocycles. The average molecular weight is 283 g/mol. The van der Waals surface area contributed by atoms with Crippen LogP contribution >= 0.6 is 0 Å². The standard InChI is InChI=1S/C14H19F2N3O/c1-10(2)9-13(19(3)8-7-18-17)20-14-11(15)5-4-6-12(14)16/h4-9,13,18H,17H2,1-3H3/b8-7+. The maximum Gasteiger partial charge on any atom is 0.193 e. The number of hydrazine groups is 1. The number of hydrogen-bond donors (Lipinski definition) is 2. The molecule has 0 heterocycles. The minimum Gasteiger partial charge on any atom is -0.461 e. The lowest BCUT2D eigenvalue weighted by Gasteiger charge is -2.25. The van der Waals surface area contributed by atoms with E-state index < -0.39 is 23.6 Å². The van der Waals surface area contributed by atoms with Gasteiger partial charge in [0.2, 0.25) is 0 Å². The first-order valence-electron chi connectivity index (χ1n) is 6.06. The second kappa shape index (κ2) is 7.49. The van der Waals surface area contributed by atoms with Crippen LogP contribution in [0.2, 0.25) is 0 Å². The first-order chi connectivity index (χ1) is 9.45. The SMILES string of the molecule is CC(C)=CC(Oc1c(F)cccc1F)N(C)/C=C/NN. The molecule has 0 aliphatic rings. The average Bonchev–Trinajstić information content (AvgIpc) is 2.38. The van der Waals surface area contributed by atoms with E-state index in [1.807, 2.05) is 13.8 Å². The third-order valence-electron chi connectivity index (χ3n) is 2.44. The maximum atomic E-state index is 13.6. The first-order valence-corrected chi connectivity index (χ1v) is 6.06. The van der Waals surface area contributed by atoms with Crippen LogP contribution in [0.15, 0.2) is 42.2 Å². The largest absolute Gasteiger partial charge is 0.461 e. The molecule has 0 spiro atoms. The molecular weight excluding hydrogens is 264 g/mol. The molecule has 0 amide bonds. The van der Waals surface area contributed by atoms with Crippen LogP contribution < -0.4 is 16.0 Å². The van der Waals surface area contributed by atoms with Crippen molar-refractivity contribution in [3.63, 3.8) is 0 Å². The van der Waals surface area contributed by atoms with Gasteiger partial charge in [-0.25, -0.2) is 8.78 Å². The van der Waals surface area contributed by atoms with Gasteiger partial charge in [0.05, 0.1) is 0 Å². The van der Waals surface area contributed by atoms with E-state index in [0.29, 0.717) is 0 Å². The summed E-state index contributed by atoms with van der Waals surface area (Å²) in [4.78, 5) is 1.62. The van der Waals surface area contributed by atoms with Gasteiger partial charge in [-0.2, -0.15) is 0 Å². The monoisotopic (exact) mass is 283 g/mol. The van der Waals surface area contributed by atoms with Gasteiger partial charge in [-0.15, -0.1) is 0 Å². The fraction of sp³-hybridized carbons (Fsp3) is 0.286. The van der Waals surface area contributed by atoms with Crippen LogP contribution in [0.5, 0.6) is 5.75 Å². The minimum absolute atomic E-state index is 0.407. The highest BCUT2D eigenvalue weighted by Crippen LogP contribution is 2.23. The van der Waals surface area contributed by atoms with E-state index in [9.17, 15) is 8.78 Å². The summed E-state index contributed by atoms with van der Waals surface area (Å²) in [7, 11) is 1.71. The summed E-state index contributed by atoms with van der Waals surface area (Å²) in [6.07, 6.45) is 4.17. The zero-order chi connectivity index (χ0) is 15.1. The van der Waals surface area contributed by atoms with E-state index in [0.717, 1.165) is 17.7 Å². The van der Waals surface area contributed by atoms with Crippen molar-refractivity contribution in [3.8, 4) is 5.75 Å². The number of allylic oxidation sites excluding steroid dienone is 1. The van der Waals surface area contributed by atoms with Crippen LogP contribution in [0.1, 0.15) is 13.8 Å². The minimum atomic E-state index is -0.744. The summed E-state index contributed by atoms with van der Waals surface area (Å²) in [6.45, 7) is 3.74. The van der Waals surface area contributed by atoms with Gasteiger partial charge < -0.3 is 15.1 Å².